The third kappa shape index (κ3) is 1.80. The molecule has 0 saturated heterocycles. The van der Waals surface area contributed by atoms with E-state index >= 15 is 0 Å². The first-order valence-corrected chi connectivity index (χ1v) is 5.99. The van der Waals surface area contributed by atoms with Crippen molar-refractivity contribution in [2.45, 2.75) is 6.92 Å². The molecule has 0 amide bonds. The van der Waals surface area contributed by atoms with E-state index in [9.17, 15) is 9.90 Å². The van der Waals surface area contributed by atoms with Gasteiger partial charge in [-0.1, -0.05) is 36.4 Å². The average molecular weight is 252 g/mol. The second kappa shape index (κ2) is 4.28. The van der Waals surface area contributed by atoms with E-state index in [2.05, 4.69) is 0 Å². The van der Waals surface area contributed by atoms with Crippen molar-refractivity contribution >= 4 is 11.0 Å². The number of para-hydroxylation sites is 1. The van der Waals surface area contributed by atoms with Gasteiger partial charge >= 0.3 is 0 Å². The zero-order valence-corrected chi connectivity index (χ0v) is 10.4. The lowest BCUT2D eigenvalue weighted by Crippen LogP contribution is -2.07. The highest BCUT2D eigenvalue weighted by atomic mass is 16.4. The van der Waals surface area contributed by atoms with Gasteiger partial charge in [-0.15, -0.1) is 0 Å². The fourth-order valence-corrected chi connectivity index (χ4v) is 2.16. The molecule has 0 spiro atoms. The summed E-state index contributed by atoms with van der Waals surface area (Å²) in [7, 11) is 0. The molecule has 0 aliphatic rings. The molecule has 3 nitrogen and oxygen atoms in total. The highest BCUT2D eigenvalue weighted by molar-refractivity contribution is 5.84. The van der Waals surface area contributed by atoms with Gasteiger partial charge in [0.25, 0.3) is 0 Å². The zero-order valence-electron chi connectivity index (χ0n) is 10.4. The fraction of sp³-hybridized carbons (Fsp3) is 0.0625. The largest absolute Gasteiger partial charge is 0.504 e. The van der Waals surface area contributed by atoms with Gasteiger partial charge in [-0.3, -0.25) is 4.79 Å². The summed E-state index contributed by atoms with van der Waals surface area (Å²) in [5.41, 5.74) is 1.49. The maximum atomic E-state index is 12.3. The zero-order chi connectivity index (χ0) is 13.4. The van der Waals surface area contributed by atoms with E-state index in [1.54, 1.807) is 19.1 Å². The van der Waals surface area contributed by atoms with Gasteiger partial charge in [0.1, 0.15) is 5.76 Å². The van der Waals surface area contributed by atoms with Gasteiger partial charge < -0.3 is 9.52 Å². The molecule has 3 rings (SSSR count). The van der Waals surface area contributed by atoms with Crippen LogP contribution in [0.15, 0.2) is 57.7 Å². The Balaban J connectivity index is 2.42. The monoisotopic (exact) mass is 252 g/mol. The van der Waals surface area contributed by atoms with Crippen molar-refractivity contribution in [2.75, 3.05) is 0 Å². The summed E-state index contributed by atoms with van der Waals surface area (Å²) >= 11 is 0. The molecule has 1 aromatic heterocycles. The van der Waals surface area contributed by atoms with Crippen molar-refractivity contribution in [2.24, 2.45) is 0 Å². The van der Waals surface area contributed by atoms with Crippen molar-refractivity contribution in [1.29, 1.82) is 0 Å². The van der Waals surface area contributed by atoms with E-state index in [1.165, 1.54) is 6.07 Å². The van der Waals surface area contributed by atoms with Crippen LogP contribution >= 0.6 is 0 Å². The predicted octanol–water partition coefficient (Wildman–Crippen LogP) is 3.47. The van der Waals surface area contributed by atoms with Crippen LogP contribution in [0.4, 0.5) is 0 Å². The highest BCUT2D eigenvalue weighted by Gasteiger charge is 2.14. The number of phenolic OH excluding ortho intramolecular Hbond substituents is 1. The molecule has 0 atom stereocenters. The number of aromatic hydroxyl groups is 1. The summed E-state index contributed by atoms with van der Waals surface area (Å²) in [4.78, 5) is 12.3. The van der Waals surface area contributed by atoms with Gasteiger partial charge in [-0.25, -0.2) is 0 Å². The van der Waals surface area contributed by atoms with Crippen LogP contribution in [-0.4, -0.2) is 5.11 Å². The average Bonchev–Trinajstić information content (AvgIpc) is 2.44. The standard InChI is InChI=1S/C16H12O3/c1-10-14(18)12-8-5-9-13(17)16(12)19-15(10)11-6-3-2-4-7-11/h2-9,17H,1H3. The first-order valence-electron chi connectivity index (χ1n) is 5.99. The molecular weight excluding hydrogens is 240 g/mol. The van der Waals surface area contributed by atoms with E-state index in [1.807, 2.05) is 30.3 Å². The molecule has 2 aromatic carbocycles. The Labute approximate surface area is 109 Å². The van der Waals surface area contributed by atoms with Gasteiger partial charge in [-0.2, -0.15) is 0 Å². The van der Waals surface area contributed by atoms with Crippen LogP contribution in [0, 0.1) is 6.92 Å². The van der Waals surface area contributed by atoms with E-state index in [4.69, 9.17) is 4.42 Å². The molecule has 0 aliphatic carbocycles. The molecule has 94 valence electrons. The maximum Gasteiger partial charge on any atom is 0.196 e. The molecule has 1 heterocycles. The smallest absolute Gasteiger partial charge is 0.196 e. The van der Waals surface area contributed by atoms with Crippen LogP contribution in [0.1, 0.15) is 5.56 Å². The minimum Gasteiger partial charge on any atom is -0.504 e. The normalized spacial score (nSPS) is 10.8. The molecule has 1 N–H and O–H groups in total. The molecule has 3 aromatic rings. The molecule has 19 heavy (non-hydrogen) atoms. The highest BCUT2D eigenvalue weighted by Crippen LogP contribution is 2.29. The van der Waals surface area contributed by atoms with Crippen molar-refractivity contribution in [3.8, 4) is 17.1 Å². The van der Waals surface area contributed by atoms with Crippen LogP contribution in [0.5, 0.6) is 5.75 Å². The van der Waals surface area contributed by atoms with Crippen LogP contribution in [0.25, 0.3) is 22.3 Å². The lowest BCUT2D eigenvalue weighted by Gasteiger charge is -2.07. The molecule has 0 saturated carbocycles. The Morgan fingerprint density at radius 3 is 2.47 bits per heavy atom. The lowest BCUT2D eigenvalue weighted by molar-refractivity contribution is 0.464. The Kier molecular flexibility index (Phi) is 2.60. The van der Waals surface area contributed by atoms with Crippen molar-refractivity contribution < 1.29 is 9.52 Å². The Morgan fingerprint density at radius 1 is 1.00 bits per heavy atom. The van der Waals surface area contributed by atoms with Crippen molar-refractivity contribution in [1.82, 2.24) is 0 Å². The van der Waals surface area contributed by atoms with Gasteiger partial charge in [0.15, 0.2) is 16.8 Å². The number of benzene rings is 2. The first-order chi connectivity index (χ1) is 9.18. The Bertz CT molecular complexity index is 801. The second-order valence-electron chi connectivity index (χ2n) is 4.41. The summed E-state index contributed by atoms with van der Waals surface area (Å²) in [6.45, 7) is 1.73. The SMILES string of the molecule is Cc1c(-c2ccccc2)oc2c(O)cccc2c1=O. The number of phenols is 1. The molecule has 0 radical (unpaired) electrons. The van der Waals surface area contributed by atoms with Gasteiger partial charge in [0.05, 0.1) is 5.39 Å². The second-order valence-corrected chi connectivity index (χ2v) is 4.41. The summed E-state index contributed by atoms with van der Waals surface area (Å²) in [5, 5.41) is 10.2. The van der Waals surface area contributed by atoms with Crippen LogP contribution in [-0.2, 0) is 0 Å². The lowest BCUT2D eigenvalue weighted by atomic mass is 10.1. The minimum atomic E-state index is -0.115. The van der Waals surface area contributed by atoms with Crippen LogP contribution in [0.2, 0.25) is 0 Å². The molecule has 0 bridgehead atoms. The predicted molar refractivity (Wildman–Crippen MR) is 74.3 cm³/mol. The number of hydrogen-bond acceptors (Lipinski definition) is 3. The number of fused-ring (bicyclic) bond motifs is 1. The number of hydrogen-bond donors (Lipinski definition) is 1. The Morgan fingerprint density at radius 2 is 1.74 bits per heavy atom. The van der Waals surface area contributed by atoms with Crippen LogP contribution < -0.4 is 5.43 Å². The molecular formula is C16H12O3. The van der Waals surface area contributed by atoms with Gasteiger partial charge in [-0.05, 0) is 19.1 Å². The topological polar surface area (TPSA) is 50.4 Å². The third-order valence-corrected chi connectivity index (χ3v) is 3.16. The van der Waals surface area contributed by atoms with Gasteiger partial charge in [0.2, 0.25) is 0 Å². The fourth-order valence-electron chi connectivity index (χ4n) is 2.16. The van der Waals surface area contributed by atoms with Crippen LogP contribution in [0.3, 0.4) is 0 Å². The maximum absolute atomic E-state index is 12.3. The van der Waals surface area contributed by atoms with E-state index < -0.39 is 0 Å². The minimum absolute atomic E-state index is 0.0215. The summed E-state index contributed by atoms with van der Waals surface area (Å²) in [5.74, 6) is 0.478. The Hall–Kier alpha value is -2.55. The summed E-state index contributed by atoms with van der Waals surface area (Å²) in [6, 6.07) is 14.2. The molecule has 0 aliphatic heterocycles. The van der Waals surface area contributed by atoms with E-state index in [0.29, 0.717) is 16.7 Å². The first kappa shape index (κ1) is 11.5. The van der Waals surface area contributed by atoms with E-state index in [-0.39, 0.29) is 16.8 Å². The van der Waals surface area contributed by atoms with Gasteiger partial charge in [0, 0.05) is 11.1 Å². The number of rotatable bonds is 1. The summed E-state index contributed by atoms with van der Waals surface area (Å²) in [6.07, 6.45) is 0. The quantitative estimate of drug-likeness (QED) is 0.721. The molecule has 0 unspecified atom stereocenters. The van der Waals surface area contributed by atoms with E-state index in [0.717, 1.165) is 5.56 Å². The molecule has 3 heteroatoms. The van der Waals surface area contributed by atoms with Crippen molar-refractivity contribution in [3.05, 3.63) is 64.3 Å². The van der Waals surface area contributed by atoms with Crippen molar-refractivity contribution in [3.63, 3.8) is 0 Å². The molecule has 0 fully saturated rings. The third-order valence-electron chi connectivity index (χ3n) is 3.16. The summed E-state index contributed by atoms with van der Waals surface area (Å²) < 4.78 is 5.74.